The zero-order chi connectivity index (χ0) is 16.3. The predicted molar refractivity (Wildman–Crippen MR) is 78.3 cm³/mol. The number of halogens is 2. The van der Waals surface area contributed by atoms with E-state index in [1.54, 1.807) is 0 Å². The third-order valence-electron chi connectivity index (χ3n) is 3.94. The van der Waals surface area contributed by atoms with E-state index < -0.39 is 17.2 Å². The van der Waals surface area contributed by atoms with E-state index in [1.165, 1.54) is 24.1 Å². The van der Waals surface area contributed by atoms with E-state index in [1.807, 2.05) is 0 Å². The third kappa shape index (κ3) is 3.39. The summed E-state index contributed by atoms with van der Waals surface area (Å²) in [6.45, 7) is 0.518. The number of hydrogen-bond donors (Lipinski definition) is 1. The molecule has 0 radical (unpaired) electrons. The monoisotopic (exact) mass is 329 g/mol. The minimum absolute atomic E-state index is 0.0157. The van der Waals surface area contributed by atoms with Crippen molar-refractivity contribution < 1.29 is 23.8 Å². The van der Waals surface area contributed by atoms with E-state index in [0.29, 0.717) is 18.5 Å². The number of carboxylic acids is 1. The Morgan fingerprint density at radius 3 is 2.82 bits per heavy atom. The Hall–Kier alpha value is -1.66. The lowest BCUT2D eigenvalue weighted by atomic mass is 9.88. The van der Waals surface area contributed by atoms with E-state index in [4.69, 9.17) is 16.3 Å². The molecular weight excluding hydrogens is 313 g/mol. The van der Waals surface area contributed by atoms with E-state index in [0.717, 1.165) is 6.07 Å². The molecule has 1 aromatic carbocycles. The summed E-state index contributed by atoms with van der Waals surface area (Å²) in [6, 6.07) is 3.86. The molecule has 1 aliphatic rings. The van der Waals surface area contributed by atoms with E-state index >= 15 is 0 Å². The van der Waals surface area contributed by atoms with Crippen molar-refractivity contribution in [1.82, 2.24) is 4.90 Å². The molecular formula is C15H17ClFNO4. The number of likely N-dealkylation sites (tertiary alicyclic amines) is 1. The standard InChI is InChI=1S/C15H17ClFNO4/c1-22-9-15(14(20)21)4-5-18(8-15)13(19)6-10-2-3-11(17)7-12(10)16/h2-3,7H,4-6,8-9H2,1H3,(H,20,21). The Morgan fingerprint density at radius 2 is 2.23 bits per heavy atom. The molecule has 1 atom stereocenters. The van der Waals surface area contributed by atoms with Crippen LogP contribution in [0.2, 0.25) is 5.02 Å². The summed E-state index contributed by atoms with van der Waals surface area (Å²) in [4.78, 5) is 25.2. The van der Waals surface area contributed by atoms with Gasteiger partial charge in [0.15, 0.2) is 0 Å². The van der Waals surface area contributed by atoms with Gasteiger partial charge < -0.3 is 14.7 Å². The molecule has 1 aromatic rings. The van der Waals surface area contributed by atoms with Gasteiger partial charge in [0.25, 0.3) is 0 Å². The van der Waals surface area contributed by atoms with E-state index in [2.05, 4.69) is 0 Å². The molecule has 1 amide bonds. The number of hydrogen-bond acceptors (Lipinski definition) is 3. The first-order chi connectivity index (χ1) is 10.4. The topological polar surface area (TPSA) is 66.8 Å². The van der Waals surface area contributed by atoms with Gasteiger partial charge in [0.2, 0.25) is 5.91 Å². The maximum atomic E-state index is 13.0. The third-order valence-corrected chi connectivity index (χ3v) is 4.29. The molecule has 1 heterocycles. The molecule has 2 rings (SSSR count). The molecule has 0 aromatic heterocycles. The van der Waals surface area contributed by atoms with Crippen LogP contribution < -0.4 is 0 Å². The highest BCUT2D eigenvalue weighted by atomic mass is 35.5. The van der Waals surface area contributed by atoms with Crippen molar-refractivity contribution in [3.63, 3.8) is 0 Å². The summed E-state index contributed by atoms with van der Waals surface area (Å²) in [5.74, 6) is -1.66. The highest BCUT2D eigenvalue weighted by molar-refractivity contribution is 6.31. The number of carbonyl (C=O) groups excluding carboxylic acids is 1. The number of methoxy groups -OCH3 is 1. The van der Waals surface area contributed by atoms with Crippen LogP contribution in [0, 0.1) is 11.2 Å². The molecule has 1 saturated heterocycles. The lowest BCUT2D eigenvalue weighted by Gasteiger charge is -2.24. The normalized spacial score (nSPS) is 21.1. The molecule has 120 valence electrons. The van der Waals surface area contributed by atoms with Gasteiger partial charge in [-0.1, -0.05) is 17.7 Å². The van der Waals surface area contributed by atoms with Gasteiger partial charge in [-0.3, -0.25) is 9.59 Å². The number of nitrogens with zero attached hydrogens (tertiary/aromatic N) is 1. The second-order valence-electron chi connectivity index (χ2n) is 5.50. The molecule has 0 saturated carbocycles. The van der Waals surface area contributed by atoms with Crippen molar-refractivity contribution in [2.45, 2.75) is 12.8 Å². The van der Waals surface area contributed by atoms with Crippen LogP contribution in [-0.4, -0.2) is 48.7 Å². The number of rotatable bonds is 5. The zero-order valence-electron chi connectivity index (χ0n) is 12.1. The predicted octanol–water partition coefficient (Wildman–Crippen LogP) is 1.97. The first-order valence-corrected chi connectivity index (χ1v) is 7.20. The maximum Gasteiger partial charge on any atom is 0.313 e. The second-order valence-corrected chi connectivity index (χ2v) is 5.90. The van der Waals surface area contributed by atoms with Gasteiger partial charge in [0, 0.05) is 25.2 Å². The van der Waals surface area contributed by atoms with Crippen LogP contribution in [0.5, 0.6) is 0 Å². The Morgan fingerprint density at radius 1 is 1.50 bits per heavy atom. The van der Waals surface area contributed by atoms with Gasteiger partial charge in [-0.2, -0.15) is 0 Å². The van der Waals surface area contributed by atoms with Crippen molar-refractivity contribution in [1.29, 1.82) is 0 Å². The summed E-state index contributed by atoms with van der Waals surface area (Å²) in [6.07, 6.45) is 0.362. The van der Waals surface area contributed by atoms with Crippen LogP contribution in [0.3, 0.4) is 0 Å². The van der Waals surface area contributed by atoms with Crippen LogP contribution in [-0.2, 0) is 20.7 Å². The van der Waals surface area contributed by atoms with E-state index in [-0.39, 0.29) is 30.5 Å². The molecule has 7 heteroatoms. The van der Waals surface area contributed by atoms with Gasteiger partial charge >= 0.3 is 5.97 Å². The number of aliphatic carboxylic acids is 1. The van der Waals surface area contributed by atoms with Crippen molar-refractivity contribution in [2.75, 3.05) is 26.8 Å². The number of benzene rings is 1. The maximum absolute atomic E-state index is 13.0. The molecule has 1 N–H and O–H groups in total. The van der Waals surface area contributed by atoms with Gasteiger partial charge in [-0.05, 0) is 24.1 Å². The fourth-order valence-corrected chi connectivity index (χ4v) is 2.89. The molecule has 22 heavy (non-hydrogen) atoms. The lowest BCUT2D eigenvalue weighted by molar-refractivity contribution is -0.151. The molecule has 1 unspecified atom stereocenters. The first kappa shape index (κ1) is 16.7. The van der Waals surface area contributed by atoms with E-state index in [9.17, 15) is 19.1 Å². The fourth-order valence-electron chi connectivity index (χ4n) is 2.66. The Bertz CT molecular complexity index is 595. The number of amides is 1. The average Bonchev–Trinajstić information content (AvgIpc) is 2.88. The van der Waals surface area contributed by atoms with Crippen LogP contribution in [0.15, 0.2) is 18.2 Å². The van der Waals surface area contributed by atoms with Crippen molar-refractivity contribution >= 4 is 23.5 Å². The largest absolute Gasteiger partial charge is 0.481 e. The quantitative estimate of drug-likeness (QED) is 0.897. The van der Waals surface area contributed by atoms with Crippen molar-refractivity contribution in [3.8, 4) is 0 Å². The van der Waals surface area contributed by atoms with Gasteiger partial charge in [0.05, 0.1) is 13.0 Å². The molecule has 0 bridgehead atoms. The van der Waals surface area contributed by atoms with Gasteiger partial charge in [-0.25, -0.2) is 4.39 Å². The summed E-state index contributed by atoms with van der Waals surface area (Å²) < 4.78 is 18.0. The molecule has 0 spiro atoms. The summed E-state index contributed by atoms with van der Waals surface area (Å²) in [5.41, 5.74) is -0.538. The van der Waals surface area contributed by atoms with Crippen LogP contribution in [0.4, 0.5) is 4.39 Å². The minimum Gasteiger partial charge on any atom is -0.481 e. The van der Waals surface area contributed by atoms with Crippen LogP contribution in [0.25, 0.3) is 0 Å². The number of carboxylic acid groups (broad SMARTS) is 1. The number of carbonyl (C=O) groups is 2. The highest BCUT2D eigenvalue weighted by Gasteiger charge is 2.46. The Kier molecular flexibility index (Phi) is 5.03. The minimum atomic E-state index is -1.06. The summed E-state index contributed by atoms with van der Waals surface area (Å²) >= 11 is 5.91. The smallest absolute Gasteiger partial charge is 0.313 e. The first-order valence-electron chi connectivity index (χ1n) is 6.82. The summed E-state index contributed by atoms with van der Waals surface area (Å²) in [5, 5.41) is 9.57. The highest BCUT2D eigenvalue weighted by Crippen LogP contribution is 2.32. The molecule has 1 aliphatic heterocycles. The Balaban J connectivity index is 2.07. The zero-order valence-corrected chi connectivity index (χ0v) is 12.9. The molecule has 0 aliphatic carbocycles. The van der Waals surface area contributed by atoms with Crippen LogP contribution in [0.1, 0.15) is 12.0 Å². The average molecular weight is 330 g/mol. The Labute approximate surface area is 132 Å². The van der Waals surface area contributed by atoms with Crippen molar-refractivity contribution in [2.24, 2.45) is 5.41 Å². The lowest BCUT2D eigenvalue weighted by Crippen LogP contribution is -2.40. The van der Waals surface area contributed by atoms with Crippen molar-refractivity contribution in [3.05, 3.63) is 34.6 Å². The van der Waals surface area contributed by atoms with Crippen LogP contribution >= 0.6 is 11.6 Å². The molecule has 1 fully saturated rings. The number of ether oxygens (including phenoxy) is 1. The molecule has 5 nitrogen and oxygen atoms in total. The fraction of sp³-hybridized carbons (Fsp3) is 0.467. The van der Waals surface area contributed by atoms with Gasteiger partial charge in [0.1, 0.15) is 11.2 Å². The van der Waals surface area contributed by atoms with Gasteiger partial charge in [-0.15, -0.1) is 0 Å². The summed E-state index contributed by atoms with van der Waals surface area (Å²) in [7, 11) is 1.44. The second kappa shape index (κ2) is 6.62. The SMILES string of the molecule is COCC1(C(=O)O)CCN(C(=O)Cc2ccc(F)cc2Cl)C1.